The van der Waals surface area contributed by atoms with E-state index in [2.05, 4.69) is 46.5 Å². The van der Waals surface area contributed by atoms with Crippen LogP contribution < -0.4 is 10.2 Å². The van der Waals surface area contributed by atoms with Gasteiger partial charge in [0.15, 0.2) is 5.96 Å². The zero-order valence-corrected chi connectivity index (χ0v) is 16.2. The predicted molar refractivity (Wildman–Crippen MR) is 108 cm³/mol. The number of pyridine rings is 1. The van der Waals surface area contributed by atoms with Crippen molar-refractivity contribution >= 4 is 22.7 Å². The zero-order chi connectivity index (χ0) is 18.5. The lowest BCUT2D eigenvalue weighted by molar-refractivity contribution is 0.181. The monoisotopic (exact) mass is 355 g/mol. The molecule has 0 radical (unpaired) electrons. The molecular formula is C20H29N5O. The Morgan fingerprint density at radius 1 is 1.31 bits per heavy atom. The molecule has 1 aliphatic heterocycles. The van der Waals surface area contributed by atoms with E-state index in [1.807, 2.05) is 32.1 Å². The molecule has 1 unspecified atom stereocenters. The molecule has 0 saturated carbocycles. The Morgan fingerprint density at radius 3 is 2.81 bits per heavy atom. The quantitative estimate of drug-likeness (QED) is 0.659. The largest absolute Gasteiger partial charge is 0.381 e. The first-order valence-electron chi connectivity index (χ1n) is 9.14. The van der Waals surface area contributed by atoms with Crippen molar-refractivity contribution in [2.45, 2.75) is 13.0 Å². The Bertz CT molecular complexity index is 768. The minimum Gasteiger partial charge on any atom is -0.381 e. The number of nitrogens with one attached hydrogen (secondary N) is 1. The molecule has 2 heterocycles. The summed E-state index contributed by atoms with van der Waals surface area (Å²) in [6.45, 7) is 3.39. The van der Waals surface area contributed by atoms with Gasteiger partial charge in [0.25, 0.3) is 0 Å². The van der Waals surface area contributed by atoms with E-state index in [4.69, 9.17) is 9.72 Å². The number of anilines is 1. The summed E-state index contributed by atoms with van der Waals surface area (Å²) in [5.41, 5.74) is 2.24. The maximum Gasteiger partial charge on any atom is 0.193 e. The van der Waals surface area contributed by atoms with Crippen LogP contribution in [0, 0.1) is 5.92 Å². The van der Waals surface area contributed by atoms with Gasteiger partial charge in [0.2, 0.25) is 0 Å². The first-order chi connectivity index (χ1) is 12.6. The number of para-hydroxylation sites is 1. The average molecular weight is 355 g/mol. The van der Waals surface area contributed by atoms with Crippen LogP contribution in [0.5, 0.6) is 0 Å². The molecule has 26 heavy (non-hydrogen) atoms. The smallest absolute Gasteiger partial charge is 0.193 e. The lowest BCUT2D eigenvalue weighted by Gasteiger charge is -2.25. The average Bonchev–Trinajstić information content (AvgIpc) is 3.14. The first-order valence-corrected chi connectivity index (χ1v) is 9.14. The SMILES string of the molecule is CN=C(NCc1cc(N(C)C)nc2ccccc12)N(C)CC1CCOC1. The lowest BCUT2D eigenvalue weighted by Crippen LogP contribution is -2.41. The molecule has 1 aliphatic rings. The van der Waals surface area contributed by atoms with E-state index in [0.717, 1.165) is 43.5 Å². The molecule has 3 rings (SSSR count). The molecule has 0 spiro atoms. The highest BCUT2D eigenvalue weighted by atomic mass is 16.5. The van der Waals surface area contributed by atoms with Gasteiger partial charge in [0, 0.05) is 59.2 Å². The van der Waals surface area contributed by atoms with Crippen LogP contribution in [0.15, 0.2) is 35.3 Å². The highest BCUT2D eigenvalue weighted by molar-refractivity contribution is 5.85. The molecule has 0 bridgehead atoms. The summed E-state index contributed by atoms with van der Waals surface area (Å²) in [4.78, 5) is 13.4. The Balaban J connectivity index is 1.75. The van der Waals surface area contributed by atoms with Gasteiger partial charge in [-0.3, -0.25) is 4.99 Å². The van der Waals surface area contributed by atoms with Crippen molar-refractivity contribution < 1.29 is 4.74 Å². The molecule has 6 nitrogen and oxygen atoms in total. The number of rotatable bonds is 5. The molecule has 1 fully saturated rings. The third-order valence-corrected chi connectivity index (χ3v) is 4.81. The summed E-state index contributed by atoms with van der Waals surface area (Å²) in [7, 11) is 7.96. The lowest BCUT2D eigenvalue weighted by atomic mass is 10.1. The van der Waals surface area contributed by atoms with Crippen LogP contribution >= 0.6 is 0 Å². The molecule has 6 heteroatoms. The molecule has 1 saturated heterocycles. The molecule has 140 valence electrons. The minimum absolute atomic E-state index is 0.584. The Labute approximate surface area is 155 Å². The van der Waals surface area contributed by atoms with Crippen LogP contribution in [0.4, 0.5) is 5.82 Å². The number of hydrogen-bond donors (Lipinski definition) is 1. The van der Waals surface area contributed by atoms with Gasteiger partial charge in [-0.25, -0.2) is 4.98 Å². The third-order valence-electron chi connectivity index (χ3n) is 4.81. The molecule has 1 aromatic carbocycles. The number of nitrogens with zero attached hydrogens (tertiary/aromatic N) is 4. The summed E-state index contributed by atoms with van der Waals surface area (Å²) in [6.07, 6.45) is 1.13. The van der Waals surface area contributed by atoms with Gasteiger partial charge >= 0.3 is 0 Å². The summed E-state index contributed by atoms with van der Waals surface area (Å²) in [5.74, 6) is 2.46. The maximum atomic E-state index is 5.49. The normalized spacial score (nSPS) is 17.5. The van der Waals surface area contributed by atoms with Gasteiger partial charge in [0.1, 0.15) is 5.82 Å². The van der Waals surface area contributed by atoms with Gasteiger partial charge in [-0.2, -0.15) is 0 Å². The van der Waals surface area contributed by atoms with Crippen LogP contribution in [0.3, 0.4) is 0 Å². The molecular weight excluding hydrogens is 326 g/mol. The first kappa shape index (κ1) is 18.5. The number of ether oxygens (including phenoxy) is 1. The van der Waals surface area contributed by atoms with E-state index in [9.17, 15) is 0 Å². The number of hydrogen-bond acceptors (Lipinski definition) is 4. The van der Waals surface area contributed by atoms with Crippen LogP contribution in [0.1, 0.15) is 12.0 Å². The van der Waals surface area contributed by atoms with E-state index in [0.29, 0.717) is 12.5 Å². The third kappa shape index (κ3) is 4.25. The highest BCUT2D eigenvalue weighted by Gasteiger charge is 2.19. The van der Waals surface area contributed by atoms with Gasteiger partial charge in [-0.15, -0.1) is 0 Å². The zero-order valence-electron chi connectivity index (χ0n) is 16.2. The van der Waals surface area contributed by atoms with Crippen molar-refractivity contribution in [3.63, 3.8) is 0 Å². The van der Waals surface area contributed by atoms with Gasteiger partial charge in [0.05, 0.1) is 12.1 Å². The predicted octanol–water partition coefficient (Wildman–Crippen LogP) is 2.34. The Kier molecular flexibility index (Phi) is 5.93. The van der Waals surface area contributed by atoms with E-state index in [-0.39, 0.29) is 0 Å². The Hall–Kier alpha value is -2.34. The topological polar surface area (TPSA) is 53.0 Å². The summed E-state index contributed by atoms with van der Waals surface area (Å²) < 4.78 is 5.49. The van der Waals surface area contributed by atoms with Crippen LogP contribution in [0.2, 0.25) is 0 Å². The number of aliphatic imine (C=N–C) groups is 1. The van der Waals surface area contributed by atoms with Crippen LogP contribution in [0.25, 0.3) is 10.9 Å². The van der Waals surface area contributed by atoms with Crippen molar-refractivity contribution in [3.05, 3.63) is 35.9 Å². The second-order valence-corrected chi connectivity index (χ2v) is 7.06. The van der Waals surface area contributed by atoms with Gasteiger partial charge in [-0.05, 0) is 24.1 Å². The van der Waals surface area contributed by atoms with Crippen molar-refractivity contribution in [1.82, 2.24) is 15.2 Å². The Morgan fingerprint density at radius 2 is 2.12 bits per heavy atom. The molecule has 2 aromatic rings. The van der Waals surface area contributed by atoms with E-state index in [1.54, 1.807) is 0 Å². The second kappa shape index (κ2) is 8.36. The molecule has 1 atom stereocenters. The van der Waals surface area contributed by atoms with Crippen molar-refractivity contribution in [2.75, 3.05) is 52.8 Å². The van der Waals surface area contributed by atoms with Gasteiger partial charge in [-0.1, -0.05) is 18.2 Å². The highest BCUT2D eigenvalue weighted by Crippen LogP contribution is 2.22. The van der Waals surface area contributed by atoms with Crippen LogP contribution in [-0.4, -0.2) is 63.8 Å². The maximum absolute atomic E-state index is 5.49. The minimum atomic E-state index is 0.584. The fraction of sp³-hybridized carbons (Fsp3) is 0.500. The van der Waals surface area contributed by atoms with Crippen molar-refractivity contribution in [2.24, 2.45) is 10.9 Å². The van der Waals surface area contributed by atoms with E-state index in [1.165, 1.54) is 10.9 Å². The molecule has 0 amide bonds. The second-order valence-electron chi connectivity index (χ2n) is 7.06. The number of guanidine groups is 1. The van der Waals surface area contributed by atoms with E-state index < -0.39 is 0 Å². The molecule has 0 aliphatic carbocycles. The number of fused-ring (bicyclic) bond motifs is 1. The van der Waals surface area contributed by atoms with E-state index >= 15 is 0 Å². The standard InChI is InChI=1S/C20H29N5O/c1-21-20(25(4)13-15-9-10-26-14-15)22-12-16-11-19(24(2)3)23-18-8-6-5-7-17(16)18/h5-8,11,15H,9-10,12-14H2,1-4H3,(H,21,22). The van der Waals surface area contributed by atoms with Crippen molar-refractivity contribution in [1.29, 1.82) is 0 Å². The van der Waals surface area contributed by atoms with Gasteiger partial charge < -0.3 is 19.9 Å². The van der Waals surface area contributed by atoms with Crippen molar-refractivity contribution in [3.8, 4) is 0 Å². The number of benzene rings is 1. The fourth-order valence-corrected chi connectivity index (χ4v) is 3.37. The summed E-state index contributed by atoms with van der Waals surface area (Å²) >= 11 is 0. The number of aromatic nitrogens is 1. The fourth-order valence-electron chi connectivity index (χ4n) is 3.37. The van der Waals surface area contributed by atoms with Crippen LogP contribution in [-0.2, 0) is 11.3 Å². The summed E-state index contributed by atoms with van der Waals surface area (Å²) in [6, 6.07) is 10.4. The molecule has 1 N–H and O–H groups in total. The molecule has 1 aromatic heterocycles. The summed E-state index contributed by atoms with van der Waals surface area (Å²) in [5, 5.41) is 4.68.